The topological polar surface area (TPSA) is 42.4 Å². The van der Waals surface area contributed by atoms with E-state index in [4.69, 9.17) is 4.74 Å². The average Bonchev–Trinajstić information content (AvgIpc) is 2.75. The van der Waals surface area contributed by atoms with E-state index in [2.05, 4.69) is 19.1 Å². The van der Waals surface area contributed by atoms with Crippen LogP contribution in [0, 0.1) is 5.82 Å². The number of quaternary nitrogens is 1. The van der Waals surface area contributed by atoms with E-state index in [1.54, 1.807) is 18.2 Å². The lowest BCUT2D eigenvalue weighted by molar-refractivity contribution is -0.894. The Kier molecular flexibility index (Phi) is 5.50. The molecule has 1 aliphatic rings. The van der Waals surface area contributed by atoms with Gasteiger partial charge in [-0.2, -0.15) is 0 Å². The van der Waals surface area contributed by atoms with E-state index >= 15 is 0 Å². The number of ether oxygens (including phenoxy) is 1. The molecule has 1 amide bonds. The van der Waals surface area contributed by atoms with Crippen molar-refractivity contribution in [3.05, 3.63) is 78.2 Å². The van der Waals surface area contributed by atoms with E-state index < -0.39 is 0 Å². The number of carbonyl (C=O) groups is 1. The van der Waals surface area contributed by atoms with Crippen molar-refractivity contribution in [2.45, 2.75) is 0 Å². The minimum Gasteiger partial charge on any atom is -0.457 e. The molecular weight excluding hydrogens is 381 g/mol. The smallest absolute Gasteiger partial charge is 0.272 e. The zero-order chi connectivity index (χ0) is 21.1. The van der Waals surface area contributed by atoms with Gasteiger partial charge >= 0.3 is 0 Å². The number of amides is 1. The number of hydrogen-bond acceptors (Lipinski definition) is 3. The van der Waals surface area contributed by atoms with Crippen LogP contribution in [0.5, 0.6) is 11.5 Å². The van der Waals surface area contributed by atoms with Crippen molar-refractivity contribution in [1.29, 1.82) is 0 Å². The molecule has 30 heavy (non-hydrogen) atoms. The first-order chi connectivity index (χ1) is 14.4. The van der Waals surface area contributed by atoms with Gasteiger partial charge in [-0.3, -0.25) is 4.79 Å². The Morgan fingerprint density at radius 1 is 0.933 bits per heavy atom. The monoisotopic (exact) mass is 406 g/mol. The minimum absolute atomic E-state index is 0.0205. The lowest BCUT2D eigenvalue weighted by Crippen LogP contribution is -2.56. The number of likely N-dealkylation sites (N-methyl/N-ethyl adjacent to an activating group) is 1. The number of aromatic nitrogens is 1. The van der Waals surface area contributed by atoms with Gasteiger partial charge < -0.3 is 14.1 Å². The molecule has 0 N–H and O–H groups in total. The molecular formula is C24H25FN3O2+. The molecule has 0 spiro atoms. The van der Waals surface area contributed by atoms with Crippen molar-refractivity contribution in [2.24, 2.45) is 0 Å². The second-order valence-corrected chi connectivity index (χ2v) is 8.16. The highest BCUT2D eigenvalue weighted by molar-refractivity contribution is 5.93. The van der Waals surface area contributed by atoms with Crippen LogP contribution in [0.25, 0.3) is 11.3 Å². The van der Waals surface area contributed by atoms with Crippen LogP contribution in [0.3, 0.4) is 0 Å². The molecule has 1 saturated heterocycles. The van der Waals surface area contributed by atoms with Gasteiger partial charge in [-0.15, -0.1) is 0 Å². The van der Waals surface area contributed by atoms with Gasteiger partial charge in [0.15, 0.2) is 0 Å². The van der Waals surface area contributed by atoms with Gasteiger partial charge in [0.1, 0.15) is 23.0 Å². The third-order valence-electron chi connectivity index (χ3n) is 5.41. The number of piperazine rings is 1. The maximum atomic E-state index is 13.0. The number of pyridine rings is 1. The first-order valence-electron chi connectivity index (χ1n) is 10.0. The van der Waals surface area contributed by atoms with Crippen molar-refractivity contribution in [1.82, 2.24) is 9.88 Å². The molecule has 3 aromatic rings. The molecule has 0 bridgehead atoms. The lowest BCUT2D eigenvalue weighted by atomic mass is 10.1. The Morgan fingerprint density at radius 3 is 2.17 bits per heavy atom. The van der Waals surface area contributed by atoms with Gasteiger partial charge in [0.25, 0.3) is 5.91 Å². The summed E-state index contributed by atoms with van der Waals surface area (Å²) in [4.78, 5) is 19.4. The van der Waals surface area contributed by atoms with E-state index in [1.165, 1.54) is 12.1 Å². The first kappa shape index (κ1) is 20.0. The summed E-state index contributed by atoms with van der Waals surface area (Å²) in [7, 11) is 4.37. The Hall–Kier alpha value is -3.25. The zero-order valence-corrected chi connectivity index (χ0v) is 17.2. The summed E-state index contributed by atoms with van der Waals surface area (Å²) < 4.78 is 19.7. The van der Waals surface area contributed by atoms with Gasteiger partial charge in [0.05, 0.1) is 46.0 Å². The summed E-state index contributed by atoms with van der Waals surface area (Å²) in [6.07, 6.45) is 0. The fourth-order valence-electron chi connectivity index (χ4n) is 3.42. The molecule has 1 fully saturated rings. The zero-order valence-electron chi connectivity index (χ0n) is 17.2. The largest absolute Gasteiger partial charge is 0.457 e. The first-order valence-corrected chi connectivity index (χ1v) is 10.0. The molecule has 6 heteroatoms. The van der Waals surface area contributed by atoms with Crippen LogP contribution >= 0.6 is 0 Å². The Morgan fingerprint density at radius 2 is 1.53 bits per heavy atom. The summed E-state index contributed by atoms with van der Waals surface area (Å²) in [6, 6.07) is 18.9. The maximum Gasteiger partial charge on any atom is 0.272 e. The quantitative estimate of drug-likeness (QED) is 0.610. The van der Waals surface area contributed by atoms with Crippen LogP contribution in [0.2, 0.25) is 0 Å². The molecule has 2 heterocycles. The number of halogens is 1. The highest BCUT2D eigenvalue weighted by Gasteiger charge is 2.28. The second kappa shape index (κ2) is 8.24. The van der Waals surface area contributed by atoms with Crippen LogP contribution in [-0.2, 0) is 0 Å². The van der Waals surface area contributed by atoms with Crippen molar-refractivity contribution < 1.29 is 18.4 Å². The van der Waals surface area contributed by atoms with E-state index in [-0.39, 0.29) is 11.7 Å². The standard InChI is InChI=1S/C24H25FN3O2/c1-28(2)16-14-27(15-17-28)24(29)23-5-3-4-22(26-23)18-6-10-20(11-7-18)30-21-12-8-19(25)9-13-21/h3-13H,14-17H2,1-2H3/q+1. The molecule has 4 rings (SSSR count). The summed E-state index contributed by atoms with van der Waals surface area (Å²) in [5, 5.41) is 0. The predicted molar refractivity (Wildman–Crippen MR) is 114 cm³/mol. The van der Waals surface area contributed by atoms with Crippen LogP contribution in [0.1, 0.15) is 10.5 Å². The fourth-order valence-corrected chi connectivity index (χ4v) is 3.42. The molecule has 1 aromatic heterocycles. The Bertz CT molecular complexity index is 1020. The number of hydrogen-bond donors (Lipinski definition) is 0. The second-order valence-electron chi connectivity index (χ2n) is 8.16. The van der Waals surface area contributed by atoms with Crippen LogP contribution in [0.4, 0.5) is 4.39 Å². The molecule has 5 nitrogen and oxygen atoms in total. The summed E-state index contributed by atoms with van der Waals surface area (Å²) in [6.45, 7) is 3.38. The highest BCUT2D eigenvalue weighted by atomic mass is 19.1. The molecule has 0 atom stereocenters. The van der Waals surface area contributed by atoms with Crippen molar-refractivity contribution in [2.75, 3.05) is 40.3 Å². The summed E-state index contributed by atoms with van der Waals surface area (Å²) in [5.74, 6) is 0.892. The number of rotatable bonds is 4. The number of carbonyl (C=O) groups excluding carboxylic acids is 1. The van der Waals surface area contributed by atoms with Crippen molar-refractivity contribution in [3.63, 3.8) is 0 Å². The predicted octanol–water partition coefficient (Wildman–Crippen LogP) is 4.21. The molecule has 154 valence electrons. The average molecular weight is 406 g/mol. The van der Waals surface area contributed by atoms with Crippen molar-refractivity contribution in [3.8, 4) is 22.8 Å². The molecule has 0 unspecified atom stereocenters. The SMILES string of the molecule is C[N+]1(C)CCN(C(=O)c2cccc(-c3ccc(Oc4ccc(F)cc4)cc3)n2)CC1. The van der Waals surface area contributed by atoms with E-state index in [0.29, 0.717) is 17.2 Å². The number of nitrogens with zero attached hydrogens (tertiary/aromatic N) is 3. The van der Waals surface area contributed by atoms with Crippen LogP contribution < -0.4 is 4.74 Å². The van der Waals surface area contributed by atoms with E-state index in [1.807, 2.05) is 41.3 Å². The summed E-state index contributed by atoms with van der Waals surface area (Å²) >= 11 is 0. The van der Waals surface area contributed by atoms with Gasteiger partial charge in [0.2, 0.25) is 0 Å². The van der Waals surface area contributed by atoms with Gasteiger partial charge in [-0.25, -0.2) is 9.37 Å². The van der Waals surface area contributed by atoms with E-state index in [0.717, 1.165) is 41.9 Å². The van der Waals surface area contributed by atoms with Gasteiger partial charge in [0, 0.05) is 5.56 Å². The Balaban J connectivity index is 1.47. The van der Waals surface area contributed by atoms with E-state index in [9.17, 15) is 9.18 Å². The minimum atomic E-state index is -0.300. The maximum absolute atomic E-state index is 13.0. The van der Waals surface area contributed by atoms with Crippen molar-refractivity contribution >= 4 is 5.91 Å². The fraction of sp³-hybridized carbons (Fsp3) is 0.250. The third kappa shape index (κ3) is 4.66. The Labute approximate surface area is 175 Å². The molecule has 0 radical (unpaired) electrons. The summed E-state index contributed by atoms with van der Waals surface area (Å²) in [5.41, 5.74) is 2.10. The van der Waals surface area contributed by atoms with Crippen LogP contribution in [-0.4, -0.2) is 60.5 Å². The molecule has 0 saturated carbocycles. The molecule has 2 aromatic carbocycles. The molecule has 0 aliphatic carbocycles. The third-order valence-corrected chi connectivity index (χ3v) is 5.41. The van der Waals surface area contributed by atoms with Gasteiger partial charge in [-0.1, -0.05) is 6.07 Å². The molecule has 1 aliphatic heterocycles. The highest BCUT2D eigenvalue weighted by Crippen LogP contribution is 2.25. The normalized spacial score (nSPS) is 15.6. The van der Waals surface area contributed by atoms with Crippen LogP contribution in [0.15, 0.2) is 66.7 Å². The number of benzene rings is 2. The lowest BCUT2D eigenvalue weighted by Gasteiger charge is -2.38. The van der Waals surface area contributed by atoms with Gasteiger partial charge in [-0.05, 0) is 60.7 Å².